The van der Waals surface area contributed by atoms with Crippen LogP contribution in [0, 0.1) is 5.92 Å². The van der Waals surface area contributed by atoms with Gasteiger partial charge in [0, 0.05) is 30.1 Å². The van der Waals surface area contributed by atoms with Crippen molar-refractivity contribution in [3.05, 3.63) is 46.5 Å². The second-order valence-corrected chi connectivity index (χ2v) is 5.98. The first kappa shape index (κ1) is 13.3. The van der Waals surface area contributed by atoms with E-state index in [-0.39, 0.29) is 11.9 Å². The van der Waals surface area contributed by atoms with Crippen LogP contribution in [0.4, 0.5) is 0 Å². The second-order valence-electron chi connectivity index (χ2n) is 5.07. The lowest BCUT2D eigenvalue weighted by Gasteiger charge is -2.18. The molecule has 2 aromatic rings. The van der Waals surface area contributed by atoms with Gasteiger partial charge in [0.2, 0.25) is 0 Å². The summed E-state index contributed by atoms with van der Waals surface area (Å²) >= 11 is 3.43. The number of hydrogen-bond acceptors (Lipinski definition) is 3. The minimum Gasteiger partial charge on any atom is -0.344 e. The molecule has 0 aliphatic heterocycles. The molecule has 2 aromatic heterocycles. The largest absolute Gasteiger partial charge is 0.344 e. The Balaban J connectivity index is 1.82. The zero-order valence-electron chi connectivity index (χ0n) is 11.1. The highest BCUT2D eigenvalue weighted by Gasteiger charge is 2.34. The number of amides is 1. The maximum atomic E-state index is 12.3. The highest BCUT2D eigenvalue weighted by Crippen LogP contribution is 2.41. The topological polar surface area (TPSA) is 59.8 Å². The minimum absolute atomic E-state index is 0.0161. The Kier molecular flexibility index (Phi) is 3.56. The first-order valence-electron chi connectivity index (χ1n) is 6.54. The Morgan fingerprint density at radius 3 is 2.90 bits per heavy atom. The fourth-order valence-corrected chi connectivity index (χ4v) is 2.70. The van der Waals surface area contributed by atoms with E-state index in [1.54, 1.807) is 30.2 Å². The number of carbonyl (C=O) groups excluding carboxylic acids is 1. The standard InChI is InChI=1S/C14H15BrN4O/c1-19-12(4-5-17-19)14(20)18-13(9-2-3-9)10-6-11(15)8-16-7-10/h4-9,13H,2-3H2,1H3,(H,18,20)/t13-/m1/s1. The highest BCUT2D eigenvalue weighted by molar-refractivity contribution is 9.10. The molecule has 1 atom stereocenters. The molecule has 0 spiro atoms. The van der Waals surface area contributed by atoms with Crippen LogP contribution in [0.1, 0.15) is 34.9 Å². The van der Waals surface area contributed by atoms with Gasteiger partial charge in [0.05, 0.1) is 6.04 Å². The molecule has 1 N–H and O–H groups in total. The molecule has 1 saturated carbocycles. The van der Waals surface area contributed by atoms with Crippen LogP contribution in [0.3, 0.4) is 0 Å². The van der Waals surface area contributed by atoms with E-state index in [9.17, 15) is 4.79 Å². The van der Waals surface area contributed by atoms with Crippen LogP contribution in [0.25, 0.3) is 0 Å². The van der Waals surface area contributed by atoms with Crippen molar-refractivity contribution >= 4 is 21.8 Å². The smallest absolute Gasteiger partial charge is 0.270 e. The molecule has 104 valence electrons. The number of nitrogens with zero attached hydrogens (tertiary/aromatic N) is 3. The zero-order chi connectivity index (χ0) is 14.1. The number of hydrogen-bond donors (Lipinski definition) is 1. The van der Waals surface area contributed by atoms with Gasteiger partial charge in [-0.05, 0) is 52.4 Å². The third-order valence-electron chi connectivity index (χ3n) is 3.52. The lowest BCUT2D eigenvalue weighted by molar-refractivity contribution is 0.0922. The molecule has 2 heterocycles. The third-order valence-corrected chi connectivity index (χ3v) is 3.95. The summed E-state index contributed by atoms with van der Waals surface area (Å²) in [6, 6.07) is 3.75. The van der Waals surface area contributed by atoms with Crippen LogP contribution in [-0.4, -0.2) is 20.7 Å². The van der Waals surface area contributed by atoms with Gasteiger partial charge in [-0.1, -0.05) is 0 Å². The van der Waals surface area contributed by atoms with Gasteiger partial charge >= 0.3 is 0 Å². The van der Waals surface area contributed by atoms with Crippen molar-refractivity contribution in [2.75, 3.05) is 0 Å². The van der Waals surface area contributed by atoms with Crippen LogP contribution in [-0.2, 0) is 7.05 Å². The van der Waals surface area contributed by atoms with E-state index in [0.717, 1.165) is 22.9 Å². The van der Waals surface area contributed by atoms with E-state index < -0.39 is 0 Å². The van der Waals surface area contributed by atoms with E-state index in [1.807, 2.05) is 12.3 Å². The molecule has 0 bridgehead atoms. The number of pyridine rings is 1. The van der Waals surface area contributed by atoms with Gasteiger partial charge < -0.3 is 5.32 Å². The third kappa shape index (κ3) is 2.75. The highest BCUT2D eigenvalue weighted by atomic mass is 79.9. The van der Waals surface area contributed by atoms with Gasteiger partial charge in [-0.3, -0.25) is 14.5 Å². The first-order valence-corrected chi connectivity index (χ1v) is 7.34. The molecule has 20 heavy (non-hydrogen) atoms. The summed E-state index contributed by atoms with van der Waals surface area (Å²) in [7, 11) is 1.77. The summed E-state index contributed by atoms with van der Waals surface area (Å²) in [5.74, 6) is 0.408. The molecule has 0 unspecified atom stereocenters. The lowest BCUT2D eigenvalue weighted by Crippen LogP contribution is -2.31. The van der Waals surface area contributed by atoms with Crippen LogP contribution in [0.5, 0.6) is 0 Å². The predicted molar refractivity (Wildman–Crippen MR) is 78.1 cm³/mol. The Morgan fingerprint density at radius 1 is 1.50 bits per heavy atom. The molecular formula is C14H15BrN4O. The van der Waals surface area contributed by atoms with Crippen molar-refractivity contribution in [1.29, 1.82) is 0 Å². The Morgan fingerprint density at radius 2 is 2.30 bits per heavy atom. The summed E-state index contributed by atoms with van der Waals surface area (Å²) in [5, 5.41) is 7.13. The second kappa shape index (κ2) is 5.36. The predicted octanol–water partition coefficient (Wildman–Crippen LogP) is 2.46. The van der Waals surface area contributed by atoms with Crippen molar-refractivity contribution in [3.63, 3.8) is 0 Å². The Hall–Kier alpha value is -1.69. The average Bonchev–Trinajstić information content (AvgIpc) is 3.17. The quantitative estimate of drug-likeness (QED) is 0.934. The molecule has 1 aliphatic rings. The summed E-state index contributed by atoms with van der Waals surface area (Å²) in [6.07, 6.45) is 7.47. The summed E-state index contributed by atoms with van der Waals surface area (Å²) in [4.78, 5) is 16.5. The van der Waals surface area contributed by atoms with Gasteiger partial charge in [-0.15, -0.1) is 0 Å². The molecule has 3 rings (SSSR count). The van der Waals surface area contributed by atoms with E-state index in [0.29, 0.717) is 11.6 Å². The van der Waals surface area contributed by atoms with Gasteiger partial charge in [-0.2, -0.15) is 5.10 Å². The molecule has 1 aliphatic carbocycles. The van der Waals surface area contributed by atoms with E-state index >= 15 is 0 Å². The van der Waals surface area contributed by atoms with Crippen LogP contribution < -0.4 is 5.32 Å². The molecule has 0 radical (unpaired) electrons. The first-order chi connectivity index (χ1) is 9.65. The molecule has 1 amide bonds. The van der Waals surface area contributed by atoms with Gasteiger partial charge in [0.1, 0.15) is 5.69 Å². The SMILES string of the molecule is Cn1nccc1C(=O)N[C@@H](c1cncc(Br)c1)C1CC1. The fraction of sp³-hybridized carbons (Fsp3) is 0.357. The minimum atomic E-state index is -0.0955. The number of carbonyl (C=O) groups is 1. The number of nitrogens with one attached hydrogen (secondary N) is 1. The summed E-state index contributed by atoms with van der Waals surface area (Å²) in [6.45, 7) is 0. The fourth-order valence-electron chi connectivity index (χ4n) is 2.31. The molecule has 6 heteroatoms. The monoisotopic (exact) mass is 334 g/mol. The molecule has 5 nitrogen and oxygen atoms in total. The molecular weight excluding hydrogens is 320 g/mol. The van der Waals surface area contributed by atoms with Crippen molar-refractivity contribution in [2.45, 2.75) is 18.9 Å². The Labute approximate surface area is 125 Å². The van der Waals surface area contributed by atoms with Crippen molar-refractivity contribution < 1.29 is 4.79 Å². The van der Waals surface area contributed by atoms with Crippen molar-refractivity contribution in [1.82, 2.24) is 20.1 Å². The van der Waals surface area contributed by atoms with Crippen LogP contribution in [0.15, 0.2) is 35.2 Å². The molecule has 0 saturated heterocycles. The molecule has 0 aromatic carbocycles. The number of aromatic nitrogens is 3. The van der Waals surface area contributed by atoms with Crippen LogP contribution in [0.2, 0.25) is 0 Å². The number of aryl methyl sites for hydroxylation is 1. The molecule has 1 fully saturated rings. The lowest BCUT2D eigenvalue weighted by atomic mass is 10.0. The maximum Gasteiger partial charge on any atom is 0.270 e. The van der Waals surface area contributed by atoms with E-state index in [2.05, 4.69) is 31.3 Å². The normalized spacial score (nSPS) is 15.9. The van der Waals surface area contributed by atoms with Gasteiger partial charge in [0.15, 0.2) is 0 Å². The van der Waals surface area contributed by atoms with Crippen molar-refractivity contribution in [3.8, 4) is 0 Å². The van der Waals surface area contributed by atoms with E-state index in [1.165, 1.54) is 0 Å². The van der Waals surface area contributed by atoms with Crippen LogP contribution >= 0.6 is 15.9 Å². The summed E-state index contributed by atoms with van der Waals surface area (Å²) < 4.78 is 2.51. The van der Waals surface area contributed by atoms with E-state index in [4.69, 9.17) is 0 Å². The van der Waals surface area contributed by atoms with Gasteiger partial charge in [0.25, 0.3) is 5.91 Å². The van der Waals surface area contributed by atoms with Crippen molar-refractivity contribution in [2.24, 2.45) is 13.0 Å². The summed E-state index contributed by atoms with van der Waals surface area (Å²) in [5.41, 5.74) is 1.61. The average molecular weight is 335 g/mol. The number of rotatable bonds is 4. The number of halogens is 1. The van der Waals surface area contributed by atoms with Gasteiger partial charge in [-0.25, -0.2) is 0 Å². The zero-order valence-corrected chi connectivity index (χ0v) is 12.7. The Bertz CT molecular complexity index is 636. The maximum absolute atomic E-state index is 12.3.